The maximum atomic E-state index is 12.3. The van der Waals surface area contributed by atoms with E-state index in [1.54, 1.807) is 0 Å². The SMILES string of the molecule is CONc1ccn([C@@H]2O[C@H](COP(=O)(O)OP(=O)(O)OP(=O)(O)OC[C@H]3O[C@@H](n4ccc(N)nc4=O)[C@H](O)[C@@H]3O)[C@@H](O)[C@H]2O)c(=O)n1. The van der Waals surface area contributed by atoms with Gasteiger partial charge < -0.3 is 50.3 Å². The molecule has 47 heavy (non-hydrogen) atoms. The summed E-state index contributed by atoms with van der Waals surface area (Å²) >= 11 is 0. The molecule has 264 valence electrons. The van der Waals surface area contributed by atoms with Crippen LogP contribution in [0.5, 0.6) is 0 Å². The van der Waals surface area contributed by atoms with Crippen LogP contribution in [0.2, 0.25) is 0 Å². The van der Waals surface area contributed by atoms with Gasteiger partial charge in [0.2, 0.25) is 0 Å². The van der Waals surface area contributed by atoms with Gasteiger partial charge in [-0.25, -0.2) is 28.8 Å². The van der Waals surface area contributed by atoms with Gasteiger partial charge in [0.05, 0.1) is 20.3 Å². The van der Waals surface area contributed by atoms with Crippen LogP contribution in [0.3, 0.4) is 0 Å². The predicted octanol–water partition coefficient (Wildman–Crippen LogP) is -3.34. The van der Waals surface area contributed by atoms with Crippen molar-refractivity contribution >= 4 is 35.1 Å². The molecule has 0 bridgehead atoms. The molecular formula is C19H29N6O19P3. The highest BCUT2D eigenvalue weighted by molar-refractivity contribution is 7.66. The molecule has 0 aromatic carbocycles. The van der Waals surface area contributed by atoms with Crippen LogP contribution in [0.25, 0.3) is 0 Å². The van der Waals surface area contributed by atoms with Crippen LogP contribution >= 0.6 is 23.5 Å². The van der Waals surface area contributed by atoms with Crippen LogP contribution in [-0.4, -0.2) is 111 Å². The Bertz CT molecular complexity index is 1690. The third-order valence-electron chi connectivity index (χ3n) is 6.33. The number of nitrogen functional groups attached to an aromatic ring is 1. The normalized spacial score (nSPS) is 31.6. The van der Waals surface area contributed by atoms with Crippen molar-refractivity contribution in [3.05, 3.63) is 45.5 Å². The Morgan fingerprint density at radius 2 is 1.23 bits per heavy atom. The summed E-state index contributed by atoms with van der Waals surface area (Å²) in [5.74, 6) is -0.160. The lowest BCUT2D eigenvalue weighted by molar-refractivity contribution is -0.0548. The van der Waals surface area contributed by atoms with Gasteiger partial charge in [-0.15, -0.1) is 0 Å². The number of phosphoric ester groups is 2. The fourth-order valence-corrected chi connectivity index (χ4v) is 7.76. The highest BCUT2D eigenvalue weighted by Gasteiger charge is 2.49. The van der Waals surface area contributed by atoms with Gasteiger partial charge in [-0.3, -0.25) is 23.0 Å². The zero-order valence-corrected chi connectivity index (χ0v) is 26.3. The standard InChI is InChI=1S/C19H29N6O19P3/c1-38-23-11-3-5-25(19(31)22-11)17-15(29)13(27)9(42-17)7-40-46(34,35)44-47(36,37)43-45(32,33)39-6-8-12(26)14(28)16(41-8)24-4-2-10(20)21-18(24)30/h2-5,8-9,12-17,26-29H,6-7H2,1H3,(H,32,33)(H,34,35)(H,36,37)(H2,20,21,30)(H,22,23,31)/t8-,9-,12-,13-,14-,15-,16-,17-/m1/s1. The van der Waals surface area contributed by atoms with E-state index in [-0.39, 0.29) is 11.6 Å². The number of hydrogen-bond acceptors (Lipinski definition) is 20. The molecule has 0 spiro atoms. The summed E-state index contributed by atoms with van der Waals surface area (Å²) in [6.07, 6.45) is -11.4. The van der Waals surface area contributed by atoms with Crippen molar-refractivity contribution in [2.24, 2.45) is 0 Å². The third-order valence-corrected chi connectivity index (χ3v) is 10.6. The van der Waals surface area contributed by atoms with Crippen molar-refractivity contribution in [1.82, 2.24) is 19.1 Å². The number of anilines is 2. The number of nitrogens with zero attached hydrogens (tertiary/aromatic N) is 4. The van der Waals surface area contributed by atoms with Gasteiger partial charge in [0, 0.05) is 12.4 Å². The number of aromatic nitrogens is 4. The van der Waals surface area contributed by atoms with Crippen molar-refractivity contribution in [3.63, 3.8) is 0 Å². The van der Waals surface area contributed by atoms with Crippen LogP contribution in [0.15, 0.2) is 34.1 Å². The van der Waals surface area contributed by atoms with E-state index in [9.17, 15) is 58.4 Å². The third kappa shape index (κ3) is 9.14. The van der Waals surface area contributed by atoms with Crippen molar-refractivity contribution < 1.29 is 80.8 Å². The number of nitrogens with one attached hydrogen (secondary N) is 1. The number of aliphatic hydroxyl groups is 4. The van der Waals surface area contributed by atoms with Gasteiger partial charge in [0.15, 0.2) is 18.3 Å². The smallest absolute Gasteiger partial charge is 0.387 e. The summed E-state index contributed by atoms with van der Waals surface area (Å²) in [6.45, 7) is -2.20. The number of ether oxygens (including phenoxy) is 2. The van der Waals surface area contributed by atoms with Crippen molar-refractivity contribution in [2.75, 3.05) is 31.5 Å². The average Bonchev–Trinajstić information content (AvgIpc) is 3.39. The van der Waals surface area contributed by atoms with E-state index in [2.05, 4.69) is 38.0 Å². The maximum Gasteiger partial charge on any atom is 0.490 e. The summed E-state index contributed by atoms with van der Waals surface area (Å²) in [4.78, 5) is 65.5. The van der Waals surface area contributed by atoms with E-state index in [0.717, 1.165) is 21.5 Å². The highest BCUT2D eigenvalue weighted by Crippen LogP contribution is 2.67. The Kier molecular flexibility index (Phi) is 11.5. The van der Waals surface area contributed by atoms with Gasteiger partial charge in [-0.1, -0.05) is 0 Å². The molecular weight excluding hydrogens is 709 g/mol. The van der Waals surface area contributed by atoms with Gasteiger partial charge in [0.1, 0.15) is 42.4 Å². The molecule has 2 fully saturated rings. The number of hydrogen-bond donors (Lipinski definition) is 9. The first-order valence-electron chi connectivity index (χ1n) is 12.8. The predicted molar refractivity (Wildman–Crippen MR) is 147 cm³/mol. The van der Waals surface area contributed by atoms with E-state index in [1.807, 2.05) is 0 Å². The molecule has 28 heteroatoms. The van der Waals surface area contributed by atoms with E-state index in [0.29, 0.717) is 0 Å². The summed E-state index contributed by atoms with van der Waals surface area (Å²) in [6, 6.07) is 2.43. The first-order chi connectivity index (χ1) is 21.8. The molecule has 2 aliphatic heterocycles. The fourth-order valence-electron chi connectivity index (χ4n) is 4.24. The topological polar surface area (TPSA) is 365 Å². The van der Waals surface area contributed by atoms with E-state index >= 15 is 0 Å². The van der Waals surface area contributed by atoms with Gasteiger partial charge in [-0.05, 0) is 12.1 Å². The van der Waals surface area contributed by atoms with Crippen LogP contribution in [0, 0.1) is 0 Å². The quantitative estimate of drug-likeness (QED) is 0.0675. The Labute approximate surface area is 261 Å². The van der Waals surface area contributed by atoms with Crippen molar-refractivity contribution in [1.29, 1.82) is 0 Å². The Morgan fingerprint density at radius 1 is 0.787 bits per heavy atom. The number of nitrogens with two attached hydrogens (primary N) is 1. The van der Waals surface area contributed by atoms with E-state index < -0.39 is 97.1 Å². The number of rotatable bonds is 14. The van der Waals surface area contributed by atoms with Crippen LogP contribution in [0.4, 0.5) is 11.6 Å². The minimum atomic E-state index is -5.98. The van der Waals surface area contributed by atoms with Crippen LogP contribution in [0.1, 0.15) is 12.5 Å². The molecule has 2 aromatic heterocycles. The Hall–Kier alpha value is -2.51. The second kappa shape index (κ2) is 14.5. The zero-order chi connectivity index (χ0) is 34.9. The molecule has 10 N–H and O–H groups in total. The fraction of sp³-hybridized carbons (Fsp3) is 0.579. The maximum absolute atomic E-state index is 12.3. The van der Waals surface area contributed by atoms with Crippen LogP contribution < -0.4 is 22.6 Å². The minimum Gasteiger partial charge on any atom is -0.387 e. The molecule has 25 nitrogen and oxygen atoms in total. The minimum absolute atomic E-state index is 0.00411. The largest absolute Gasteiger partial charge is 0.490 e. The summed E-state index contributed by atoms with van der Waals surface area (Å²) < 4.78 is 65.9. The van der Waals surface area contributed by atoms with E-state index in [1.165, 1.54) is 19.2 Å². The van der Waals surface area contributed by atoms with Gasteiger partial charge in [-0.2, -0.15) is 18.6 Å². The first-order valence-corrected chi connectivity index (χ1v) is 17.3. The monoisotopic (exact) mass is 738 g/mol. The second-order valence-corrected chi connectivity index (χ2v) is 14.2. The van der Waals surface area contributed by atoms with E-state index in [4.69, 9.17) is 15.2 Å². The number of aliphatic hydroxyl groups excluding tert-OH is 4. The molecule has 0 amide bonds. The van der Waals surface area contributed by atoms with Gasteiger partial charge in [0.25, 0.3) is 0 Å². The number of phosphoric acid groups is 3. The Balaban J connectivity index is 1.31. The molecule has 2 aromatic rings. The zero-order valence-electron chi connectivity index (χ0n) is 23.6. The lowest BCUT2D eigenvalue weighted by Crippen LogP contribution is -2.36. The van der Waals surface area contributed by atoms with Crippen molar-refractivity contribution in [2.45, 2.75) is 49.1 Å². The summed E-state index contributed by atoms with van der Waals surface area (Å²) in [7, 11) is -16.1. The second-order valence-electron chi connectivity index (χ2n) is 9.60. The molecule has 0 radical (unpaired) electrons. The van der Waals surface area contributed by atoms with Crippen LogP contribution in [-0.2, 0) is 45.7 Å². The first kappa shape index (κ1) is 37.3. The van der Waals surface area contributed by atoms with Crippen molar-refractivity contribution in [3.8, 4) is 0 Å². The molecule has 3 unspecified atom stereocenters. The van der Waals surface area contributed by atoms with Gasteiger partial charge >= 0.3 is 34.8 Å². The highest BCUT2D eigenvalue weighted by atomic mass is 31.3. The molecule has 11 atom stereocenters. The Morgan fingerprint density at radius 3 is 1.66 bits per heavy atom. The molecule has 2 aliphatic rings. The molecule has 4 heterocycles. The summed E-state index contributed by atoms with van der Waals surface area (Å²) in [5, 5.41) is 41.0. The molecule has 4 rings (SSSR count). The molecule has 0 aliphatic carbocycles. The average molecular weight is 738 g/mol. The molecule has 0 saturated carbocycles. The molecule has 2 saturated heterocycles. The summed E-state index contributed by atoms with van der Waals surface area (Å²) in [5.41, 5.74) is 5.74. The lowest BCUT2D eigenvalue weighted by atomic mass is 10.1. The lowest BCUT2D eigenvalue weighted by Gasteiger charge is -2.21.